The van der Waals surface area contributed by atoms with Crippen molar-refractivity contribution in [3.63, 3.8) is 0 Å². The van der Waals surface area contributed by atoms with Gasteiger partial charge < -0.3 is 10.5 Å². The highest BCUT2D eigenvalue weighted by molar-refractivity contribution is 9.10. The lowest BCUT2D eigenvalue weighted by atomic mass is 10.3. The molecule has 0 aliphatic carbocycles. The molecule has 0 aliphatic rings. The first-order valence-corrected chi connectivity index (χ1v) is 8.32. The predicted molar refractivity (Wildman–Crippen MR) is 86.0 cm³/mol. The van der Waals surface area contributed by atoms with Crippen LogP contribution in [0.3, 0.4) is 0 Å². The summed E-state index contributed by atoms with van der Waals surface area (Å²) in [6.07, 6.45) is 0.595. The van der Waals surface area contributed by atoms with Gasteiger partial charge in [-0.05, 0) is 54.4 Å². The summed E-state index contributed by atoms with van der Waals surface area (Å²) in [4.78, 5) is 0.201. The molecule has 0 bridgehead atoms. The van der Waals surface area contributed by atoms with E-state index in [1.807, 2.05) is 13.8 Å². The van der Waals surface area contributed by atoms with Gasteiger partial charge in [0.25, 0.3) is 0 Å². The van der Waals surface area contributed by atoms with Crippen LogP contribution in [0.25, 0.3) is 0 Å². The Balaban J connectivity index is 0.00000361. The van der Waals surface area contributed by atoms with Crippen molar-refractivity contribution in [1.82, 2.24) is 4.72 Å². The second-order valence-corrected chi connectivity index (χ2v) is 6.81. The van der Waals surface area contributed by atoms with Gasteiger partial charge in [0.05, 0.1) is 16.0 Å². The highest BCUT2D eigenvalue weighted by Crippen LogP contribution is 2.27. The van der Waals surface area contributed by atoms with E-state index in [-0.39, 0.29) is 23.3 Å². The average molecular weight is 388 g/mol. The molecule has 0 heterocycles. The highest BCUT2D eigenvalue weighted by Gasteiger charge is 2.15. The Morgan fingerprint density at radius 1 is 1.45 bits per heavy atom. The van der Waals surface area contributed by atoms with Gasteiger partial charge in [0.2, 0.25) is 10.0 Å². The summed E-state index contributed by atoms with van der Waals surface area (Å²) in [5.41, 5.74) is 5.58. The monoisotopic (exact) mass is 386 g/mol. The molecule has 8 heteroatoms. The Morgan fingerprint density at radius 2 is 2.10 bits per heavy atom. The molecule has 0 amide bonds. The van der Waals surface area contributed by atoms with Crippen LogP contribution in [0.15, 0.2) is 27.6 Å². The van der Waals surface area contributed by atoms with Crippen LogP contribution < -0.4 is 15.2 Å². The standard InChI is InChI=1S/C12H19BrN2O3S.ClH/c1-3-18-12-5-4-10(8-11(12)13)19(16,17)15-7-6-9(2)14;/h4-5,8-9,15H,3,6-7,14H2,1-2H3;1H. The summed E-state index contributed by atoms with van der Waals surface area (Å²) in [5, 5.41) is 0. The minimum atomic E-state index is -3.50. The summed E-state index contributed by atoms with van der Waals surface area (Å²) < 4.78 is 32.5. The molecule has 0 spiro atoms. The zero-order valence-corrected chi connectivity index (χ0v) is 14.6. The number of benzene rings is 1. The SMILES string of the molecule is CCOc1ccc(S(=O)(=O)NCCC(C)N)cc1Br.Cl. The molecule has 5 nitrogen and oxygen atoms in total. The Bertz CT molecular complexity index is 523. The van der Waals surface area contributed by atoms with E-state index in [2.05, 4.69) is 20.7 Å². The van der Waals surface area contributed by atoms with E-state index >= 15 is 0 Å². The van der Waals surface area contributed by atoms with Crippen LogP contribution in [0, 0.1) is 0 Å². The summed E-state index contributed by atoms with van der Waals surface area (Å²) >= 11 is 3.29. The number of sulfonamides is 1. The maximum Gasteiger partial charge on any atom is 0.240 e. The first-order chi connectivity index (χ1) is 8.86. The van der Waals surface area contributed by atoms with E-state index in [4.69, 9.17) is 10.5 Å². The lowest BCUT2D eigenvalue weighted by molar-refractivity contribution is 0.338. The Hall–Kier alpha value is -0.340. The van der Waals surface area contributed by atoms with Crippen molar-refractivity contribution in [2.75, 3.05) is 13.2 Å². The number of halogens is 2. The first kappa shape index (κ1) is 19.7. The van der Waals surface area contributed by atoms with Crippen LogP contribution in [0.4, 0.5) is 0 Å². The third-order valence-corrected chi connectivity index (χ3v) is 4.48. The van der Waals surface area contributed by atoms with E-state index in [1.54, 1.807) is 6.07 Å². The van der Waals surface area contributed by atoms with E-state index in [9.17, 15) is 8.42 Å². The van der Waals surface area contributed by atoms with Gasteiger partial charge in [-0.2, -0.15) is 0 Å². The largest absolute Gasteiger partial charge is 0.493 e. The lowest BCUT2D eigenvalue weighted by Gasteiger charge is -2.10. The quantitative estimate of drug-likeness (QED) is 0.752. The molecular formula is C12H20BrClN2O3S. The first-order valence-electron chi connectivity index (χ1n) is 6.04. The molecule has 0 fully saturated rings. The van der Waals surface area contributed by atoms with E-state index < -0.39 is 10.0 Å². The topological polar surface area (TPSA) is 81.4 Å². The molecule has 0 aliphatic heterocycles. The molecule has 1 atom stereocenters. The fourth-order valence-corrected chi connectivity index (χ4v) is 3.14. The van der Waals surface area contributed by atoms with Crippen molar-refractivity contribution in [2.24, 2.45) is 5.73 Å². The van der Waals surface area contributed by atoms with Crippen molar-refractivity contribution in [3.8, 4) is 5.75 Å². The Labute approximate surface area is 134 Å². The van der Waals surface area contributed by atoms with Gasteiger partial charge in [-0.15, -0.1) is 12.4 Å². The maximum absolute atomic E-state index is 12.0. The number of rotatable bonds is 7. The molecule has 3 N–H and O–H groups in total. The summed E-state index contributed by atoms with van der Waals surface area (Å²) in [6, 6.07) is 4.64. The molecule has 0 aromatic heterocycles. The normalized spacial score (nSPS) is 12.6. The molecule has 1 unspecified atom stereocenters. The van der Waals surface area contributed by atoms with Crippen LogP contribution in [0.2, 0.25) is 0 Å². The van der Waals surface area contributed by atoms with Gasteiger partial charge in [0, 0.05) is 12.6 Å². The summed E-state index contributed by atoms with van der Waals surface area (Å²) in [7, 11) is -3.50. The van der Waals surface area contributed by atoms with Crippen LogP contribution in [-0.4, -0.2) is 27.6 Å². The van der Waals surface area contributed by atoms with Gasteiger partial charge >= 0.3 is 0 Å². The average Bonchev–Trinajstić information content (AvgIpc) is 2.31. The molecule has 1 rings (SSSR count). The Kier molecular flexibility index (Phi) is 8.69. The third-order valence-electron chi connectivity index (χ3n) is 2.41. The van der Waals surface area contributed by atoms with Gasteiger partial charge in [0.1, 0.15) is 5.75 Å². The van der Waals surface area contributed by atoms with Crippen molar-refractivity contribution < 1.29 is 13.2 Å². The molecular weight excluding hydrogens is 368 g/mol. The smallest absolute Gasteiger partial charge is 0.240 e. The van der Waals surface area contributed by atoms with Gasteiger partial charge in [-0.25, -0.2) is 13.1 Å². The fraction of sp³-hybridized carbons (Fsp3) is 0.500. The minimum Gasteiger partial charge on any atom is -0.493 e. The van der Waals surface area contributed by atoms with Crippen LogP contribution in [-0.2, 0) is 10.0 Å². The van der Waals surface area contributed by atoms with Gasteiger partial charge in [-0.3, -0.25) is 0 Å². The van der Waals surface area contributed by atoms with Crippen LogP contribution in [0.1, 0.15) is 20.3 Å². The minimum absolute atomic E-state index is 0. The second kappa shape index (κ2) is 8.84. The van der Waals surface area contributed by atoms with E-state index in [1.165, 1.54) is 12.1 Å². The van der Waals surface area contributed by atoms with E-state index in [0.717, 1.165) is 0 Å². The van der Waals surface area contributed by atoms with Gasteiger partial charge in [-0.1, -0.05) is 0 Å². The van der Waals surface area contributed by atoms with E-state index in [0.29, 0.717) is 29.8 Å². The summed E-state index contributed by atoms with van der Waals surface area (Å²) in [6.45, 7) is 4.55. The Morgan fingerprint density at radius 3 is 2.60 bits per heavy atom. The number of hydrogen-bond acceptors (Lipinski definition) is 4. The number of ether oxygens (including phenoxy) is 1. The van der Waals surface area contributed by atoms with Gasteiger partial charge in [0.15, 0.2) is 0 Å². The maximum atomic E-state index is 12.0. The number of nitrogens with two attached hydrogens (primary N) is 1. The lowest BCUT2D eigenvalue weighted by Crippen LogP contribution is -2.29. The van der Waals surface area contributed by atoms with Crippen LogP contribution >= 0.6 is 28.3 Å². The second-order valence-electron chi connectivity index (χ2n) is 4.19. The zero-order chi connectivity index (χ0) is 14.5. The van der Waals surface area contributed by atoms with Crippen molar-refractivity contribution >= 4 is 38.4 Å². The molecule has 20 heavy (non-hydrogen) atoms. The fourth-order valence-electron chi connectivity index (χ4n) is 1.43. The van der Waals surface area contributed by atoms with Crippen molar-refractivity contribution in [2.45, 2.75) is 31.2 Å². The molecule has 1 aromatic rings. The molecule has 1 aromatic carbocycles. The van der Waals surface area contributed by atoms with Crippen LogP contribution in [0.5, 0.6) is 5.75 Å². The summed E-state index contributed by atoms with van der Waals surface area (Å²) in [5.74, 6) is 0.622. The molecule has 0 saturated heterocycles. The third kappa shape index (κ3) is 5.97. The highest BCUT2D eigenvalue weighted by atomic mass is 79.9. The van der Waals surface area contributed by atoms with Crippen molar-refractivity contribution in [1.29, 1.82) is 0 Å². The van der Waals surface area contributed by atoms with Crippen molar-refractivity contribution in [3.05, 3.63) is 22.7 Å². The number of nitrogens with one attached hydrogen (secondary N) is 1. The predicted octanol–water partition coefficient (Wildman–Crippen LogP) is 2.29. The zero-order valence-electron chi connectivity index (χ0n) is 11.4. The molecule has 0 radical (unpaired) electrons. The molecule has 0 saturated carbocycles. The number of hydrogen-bond donors (Lipinski definition) is 2. The molecule has 116 valence electrons.